The Balaban J connectivity index is 1.72. The monoisotopic (exact) mass is 382 g/mol. The first kappa shape index (κ1) is 18.3. The number of hydrogen-bond donors (Lipinski definition) is 1. The van der Waals surface area contributed by atoms with E-state index in [1.165, 1.54) is 0 Å². The summed E-state index contributed by atoms with van der Waals surface area (Å²) in [4.78, 5) is 17.5. The van der Waals surface area contributed by atoms with Gasteiger partial charge in [-0.2, -0.15) is 5.26 Å². The van der Waals surface area contributed by atoms with Gasteiger partial charge in [0.05, 0.1) is 35.6 Å². The van der Waals surface area contributed by atoms with E-state index in [4.69, 9.17) is 5.26 Å². The lowest BCUT2D eigenvalue weighted by molar-refractivity contribution is 0.0939. The molecule has 4 aromatic rings. The molecule has 1 N–H and O–H groups in total. The summed E-state index contributed by atoms with van der Waals surface area (Å²) in [6.07, 6.45) is 3.31. The van der Waals surface area contributed by atoms with Crippen molar-refractivity contribution in [2.24, 2.45) is 0 Å². The second-order valence-electron chi connectivity index (χ2n) is 6.77. The Labute approximate surface area is 167 Å². The van der Waals surface area contributed by atoms with Crippen LogP contribution in [0.1, 0.15) is 40.0 Å². The number of aryl methyl sites for hydroxylation is 1. The van der Waals surface area contributed by atoms with Gasteiger partial charge in [-0.3, -0.25) is 4.79 Å². The molecule has 0 radical (unpaired) electrons. The summed E-state index contributed by atoms with van der Waals surface area (Å²) in [5, 5.41) is 21.0. The van der Waals surface area contributed by atoms with Crippen LogP contribution in [0.25, 0.3) is 16.7 Å². The first-order chi connectivity index (χ1) is 14.1. The SMILES string of the molecule is Cc1ccc(C#N)cc1C(=O)NC(C)c1cc(-n2ccnn2)nc2ccccc12. The van der Waals surface area contributed by atoms with Crippen LogP contribution in [-0.4, -0.2) is 25.9 Å². The molecule has 1 unspecified atom stereocenters. The smallest absolute Gasteiger partial charge is 0.252 e. The molecular formula is C22H18N6O. The van der Waals surface area contributed by atoms with Gasteiger partial charge in [0.2, 0.25) is 0 Å². The van der Waals surface area contributed by atoms with Gasteiger partial charge >= 0.3 is 0 Å². The number of carbonyl (C=O) groups excluding carboxylic acids is 1. The maximum atomic E-state index is 12.9. The third-order valence-electron chi connectivity index (χ3n) is 4.82. The van der Waals surface area contributed by atoms with E-state index in [1.807, 2.05) is 44.2 Å². The number of nitrogens with one attached hydrogen (secondary N) is 1. The molecular weight excluding hydrogens is 364 g/mol. The van der Waals surface area contributed by atoms with Gasteiger partial charge in [0, 0.05) is 10.9 Å². The second-order valence-corrected chi connectivity index (χ2v) is 6.77. The number of pyridine rings is 1. The van der Waals surface area contributed by atoms with Crippen LogP contribution >= 0.6 is 0 Å². The maximum Gasteiger partial charge on any atom is 0.252 e. The lowest BCUT2D eigenvalue weighted by Crippen LogP contribution is -2.27. The Morgan fingerprint density at radius 3 is 2.79 bits per heavy atom. The zero-order valence-corrected chi connectivity index (χ0v) is 16.0. The van der Waals surface area contributed by atoms with E-state index in [0.717, 1.165) is 22.0 Å². The number of aromatic nitrogens is 4. The third-order valence-corrected chi connectivity index (χ3v) is 4.82. The molecule has 0 bridgehead atoms. The van der Waals surface area contributed by atoms with E-state index in [1.54, 1.807) is 35.3 Å². The minimum absolute atomic E-state index is 0.227. The fourth-order valence-corrected chi connectivity index (χ4v) is 3.28. The number of para-hydroxylation sites is 1. The lowest BCUT2D eigenvalue weighted by atomic mass is 10.0. The van der Waals surface area contributed by atoms with Crippen LogP contribution in [0.5, 0.6) is 0 Å². The largest absolute Gasteiger partial charge is 0.345 e. The second kappa shape index (κ2) is 7.52. The summed E-state index contributed by atoms with van der Waals surface area (Å²) >= 11 is 0. The van der Waals surface area contributed by atoms with Crippen molar-refractivity contribution >= 4 is 16.8 Å². The van der Waals surface area contributed by atoms with E-state index in [0.29, 0.717) is 16.9 Å². The molecule has 1 amide bonds. The zero-order valence-electron chi connectivity index (χ0n) is 16.0. The van der Waals surface area contributed by atoms with Crippen molar-refractivity contribution in [3.8, 4) is 11.9 Å². The molecule has 0 aliphatic heterocycles. The molecule has 0 aliphatic rings. The number of fused-ring (bicyclic) bond motifs is 1. The molecule has 29 heavy (non-hydrogen) atoms. The summed E-state index contributed by atoms with van der Waals surface area (Å²) in [5.41, 5.74) is 3.49. The number of amides is 1. The van der Waals surface area contributed by atoms with E-state index in [2.05, 4.69) is 26.7 Å². The van der Waals surface area contributed by atoms with Crippen LogP contribution in [-0.2, 0) is 0 Å². The predicted molar refractivity (Wildman–Crippen MR) is 108 cm³/mol. The number of nitriles is 1. The number of rotatable bonds is 4. The fraction of sp³-hybridized carbons (Fsp3) is 0.136. The van der Waals surface area contributed by atoms with Gasteiger partial charge in [0.1, 0.15) is 0 Å². The molecule has 1 atom stereocenters. The molecule has 4 rings (SSSR count). The Kier molecular flexibility index (Phi) is 4.75. The fourth-order valence-electron chi connectivity index (χ4n) is 3.28. The first-order valence-electron chi connectivity index (χ1n) is 9.15. The number of carbonyl (C=O) groups is 1. The molecule has 2 heterocycles. The van der Waals surface area contributed by atoms with Crippen molar-refractivity contribution < 1.29 is 4.79 Å². The summed E-state index contributed by atoms with van der Waals surface area (Å²) in [6, 6.07) is 16.6. The van der Waals surface area contributed by atoms with Gasteiger partial charge < -0.3 is 5.32 Å². The highest BCUT2D eigenvalue weighted by molar-refractivity contribution is 5.96. The predicted octanol–water partition coefficient (Wildman–Crippen LogP) is 3.49. The average molecular weight is 382 g/mol. The quantitative estimate of drug-likeness (QED) is 0.583. The minimum atomic E-state index is -0.289. The van der Waals surface area contributed by atoms with Crippen LogP contribution in [0.3, 0.4) is 0 Å². The number of nitrogens with zero attached hydrogens (tertiary/aromatic N) is 5. The van der Waals surface area contributed by atoms with Gasteiger partial charge in [0.25, 0.3) is 5.91 Å². The van der Waals surface area contributed by atoms with Crippen LogP contribution in [0.2, 0.25) is 0 Å². The Morgan fingerprint density at radius 2 is 2.03 bits per heavy atom. The molecule has 0 saturated carbocycles. The highest BCUT2D eigenvalue weighted by Crippen LogP contribution is 2.26. The standard InChI is InChI=1S/C22H18N6O/c1-14-7-8-16(13-23)11-18(14)22(29)25-15(2)19-12-21(28-10-9-24-27-28)26-20-6-4-3-5-17(19)20/h3-12,15H,1-2H3,(H,25,29). The van der Waals surface area contributed by atoms with Crippen LogP contribution < -0.4 is 5.32 Å². The van der Waals surface area contributed by atoms with E-state index in [9.17, 15) is 4.79 Å². The zero-order chi connectivity index (χ0) is 20.4. The van der Waals surface area contributed by atoms with Gasteiger partial charge in [-0.05, 0) is 49.2 Å². The van der Waals surface area contributed by atoms with Gasteiger partial charge in [-0.15, -0.1) is 5.10 Å². The number of hydrogen-bond acceptors (Lipinski definition) is 5. The Bertz CT molecular complexity index is 1240. The van der Waals surface area contributed by atoms with E-state index in [-0.39, 0.29) is 11.9 Å². The topological polar surface area (TPSA) is 96.5 Å². The van der Waals surface area contributed by atoms with Crippen molar-refractivity contribution in [1.82, 2.24) is 25.3 Å². The maximum absolute atomic E-state index is 12.9. The molecule has 7 nitrogen and oxygen atoms in total. The van der Waals surface area contributed by atoms with Crippen LogP contribution in [0.4, 0.5) is 0 Å². The summed E-state index contributed by atoms with van der Waals surface area (Å²) in [7, 11) is 0. The molecule has 7 heteroatoms. The molecule has 0 fully saturated rings. The highest BCUT2D eigenvalue weighted by Gasteiger charge is 2.18. The van der Waals surface area contributed by atoms with Crippen molar-refractivity contribution in [1.29, 1.82) is 5.26 Å². The summed E-state index contributed by atoms with van der Waals surface area (Å²) in [6.45, 7) is 3.78. The lowest BCUT2D eigenvalue weighted by Gasteiger charge is -2.18. The van der Waals surface area contributed by atoms with Crippen molar-refractivity contribution in [3.63, 3.8) is 0 Å². The average Bonchev–Trinajstić information content (AvgIpc) is 3.28. The van der Waals surface area contributed by atoms with E-state index >= 15 is 0 Å². The normalized spacial score (nSPS) is 11.8. The summed E-state index contributed by atoms with van der Waals surface area (Å²) < 4.78 is 1.59. The van der Waals surface area contributed by atoms with Gasteiger partial charge in [-0.25, -0.2) is 9.67 Å². The van der Waals surface area contributed by atoms with Crippen molar-refractivity contribution in [3.05, 3.63) is 83.2 Å². The minimum Gasteiger partial charge on any atom is -0.345 e. The molecule has 2 aromatic heterocycles. The van der Waals surface area contributed by atoms with Crippen LogP contribution in [0, 0.1) is 18.3 Å². The Hall–Kier alpha value is -4.05. The first-order valence-corrected chi connectivity index (χ1v) is 9.15. The third kappa shape index (κ3) is 3.56. The van der Waals surface area contributed by atoms with Crippen LogP contribution in [0.15, 0.2) is 60.9 Å². The van der Waals surface area contributed by atoms with Crippen molar-refractivity contribution in [2.45, 2.75) is 19.9 Å². The molecule has 2 aromatic carbocycles. The number of benzene rings is 2. The van der Waals surface area contributed by atoms with Gasteiger partial charge in [0.15, 0.2) is 5.82 Å². The molecule has 0 spiro atoms. The molecule has 0 aliphatic carbocycles. The Morgan fingerprint density at radius 1 is 1.21 bits per heavy atom. The summed E-state index contributed by atoms with van der Waals surface area (Å²) in [5.74, 6) is 0.398. The van der Waals surface area contributed by atoms with Crippen molar-refractivity contribution in [2.75, 3.05) is 0 Å². The molecule has 142 valence electrons. The van der Waals surface area contributed by atoms with Gasteiger partial charge in [-0.1, -0.05) is 29.5 Å². The van der Waals surface area contributed by atoms with E-state index < -0.39 is 0 Å². The molecule has 0 saturated heterocycles. The highest BCUT2D eigenvalue weighted by atomic mass is 16.1.